The van der Waals surface area contributed by atoms with Crippen LogP contribution in [0.3, 0.4) is 0 Å². The summed E-state index contributed by atoms with van der Waals surface area (Å²) < 4.78 is 1.89. The van der Waals surface area contributed by atoms with Crippen LogP contribution in [-0.4, -0.2) is 77.2 Å². The van der Waals surface area contributed by atoms with Crippen molar-refractivity contribution < 1.29 is 9.59 Å². The number of nitrogens with one attached hydrogen (secondary N) is 1. The highest BCUT2D eigenvalue weighted by Crippen LogP contribution is 2.22. The number of carbonyl (C=O) groups excluding carboxylic acids is 2. The second-order valence-electron chi connectivity index (χ2n) is 9.07. The zero-order valence-corrected chi connectivity index (χ0v) is 19.7. The molecule has 2 aliphatic heterocycles. The minimum atomic E-state index is 0.0665. The fourth-order valence-electron chi connectivity index (χ4n) is 4.65. The van der Waals surface area contributed by atoms with Crippen LogP contribution in [0.4, 0.5) is 5.82 Å². The molecular formula is C25H36N6O2. The quantitative estimate of drug-likeness (QED) is 0.559. The van der Waals surface area contributed by atoms with Crippen LogP contribution in [0.25, 0.3) is 0 Å². The van der Waals surface area contributed by atoms with Crippen LogP contribution in [0.15, 0.2) is 36.4 Å². The number of carbonyl (C=O) groups is 2. The molecule has 0 saturated carbocycles. The van der Waals surface area contributed by atoms with Gasteiger partial charge in [0.2, 0.25) is 11.8 Å². The average molecular weight is 453 g/mol. The molecule has 0 bridgehead atoms. The molecule has 8 nitrogen and oxygen atoms in total. The van der Waals surface area contributed by atoms with Crippen molar-refractivity contribution in [3.05, 3.63) is 47.7 Å². The molecule has 33 heavy (non-hydrogen) atoms. The van der Waals surface area contributed by atoms with Gasteiger partial charge < -0.3 is 10.2 Å². The van der Waals surface area contributed by atoms with Gasteiger partial charge in [0.1, 0.15) is 5.82 Å². The molecule has 3 heterocycles. The summed E-state index contributed by atoms with van der Waals surface area (Å²) in [5, 5.41) is 7.47. The second-order valence-corrected chi connectivity index (χ2v) is 9.07. The molecule has 1 aromatic heterocycles. The molecule has 1 fully saturated rings. The van der Waals surface area contributed by atoms with Gasteiger partial charge in [-0.1, -0.05) is 30.3 Å². The van der Waals surface area contributed by atoms with Crippen molar-refractivity contribution >= 4 is 17.6 Å². The van der Waals surface area contributed by atoms with Gasteiger partial charge in [-0.15, -0.1) is 0 Å². The Hall–Kier alpha value is -2.71. The summed E-state index contributed by atoms with van der Waals surface area (Å²) >= 11 is 0. The lowest BCUT2D eigenvalue weighted by molar-refractivity contribution is -0.122. The normalized spacial score (nSPS) is 17.2. The SMILES string of the molecule is Cc1cc2n(n1)CCC(=O)N2CCCC(=O)NCCCN1CCN(Cc2ccccc2)CC1. The lowest BCUT2D eigenvalue weighted by atomic mass is 10.2. The van der Waals surface area contributed by atoms with Crippen molar-refractivity contribution in [2.45, 2.75) is 45.7 Å². The van der Waals surface area contributed by atoms with Crippen molar-refractivity contribution in [2.75, 3.05) is 50.7 Å². The minimum absolute atomic E-state index is 0.0665. The fraction of sp³-hybridized carbons (Fsp3) is 0.560. The van der Waals surface area contributed by atoms with Crippen LogP contribution in [0.2, 0.25) is 0 Å². The molecular weight excluding hydrogens is 416 g/mol. The monoisotopic (exact) mass is 452 g/mol. The standard InChI is InChI=1S/C25H36N6O2/c1-21-19-24-30(25(33)10-14-31(24)27-21)13-5-9-23(32)26-11-6-12-28-15-17-29(18-16-28)20-22-7-3-2-4-8-22/h2-4,7-8,19H,5-6,9-18,20H2,1H3,(H,26,32). The Morgan fingerprint density at radius 1 is 1.00 bits per heavy atom. The Kier molecular flexibility index (Phi) is 8.12. The van der Waals surface area contributed by atoms with E-state index in [9.17, 15) is 9.59 Å². The Labute approximate surface area is 196 Å². The van der Waals surface area contributed by atoms with Gasteiger partial charge in [-0.05, 0) is 31.9 Å². The Morgan fingerprint density at radius 3 is 2.55 bits per heavy atom. The maximum Gasteiger partial charge on any atom is 0.229 e. The molecule has 0 spiro atoms. The molecule has 178 valence electrons. The van der Waals surface area contributed by atoms with Crippen LogP contribution >= 0.6 is 0 Å². The molecule has 1 N–H and O–H groups in total. The van der Waals surface area contributed by atoms with Crippen molar-refractivity contribution in [1.29, 1.82) is 0 Å². The van der Waals surface area contributed by atoms with Gasteiger partial charge in [-0.2, -0.15) is 5.10 Å². The van der Waals surface area contributed by atoms with E-state index in [1.165, 1.54) is 5.56 Å². The smallest absolute Gasteiger partial charge is 0.229 e. The van der Waals surface area contributed by atoms with Crippen molar-refractivity contribution in [3.63, 3.8) is 0 Å². The molecule has 0 atom stereocenters. The number of benzene rings is 1. The van der Waals surface area contributed by atoms with Gasteiger partial charge in [0, 0.05) is 64.7 Å². The number of hydrogen-bond acceptors (Lipinski definition) is 5. The third-order valence-electron chi connectivity index (χ3n) is 6.47. The zero-order chi connectivity index (χ0) is 23.0. The molecule has 4 rings (SSSR count). The highest BCUT2D eigenvalue weighted by Gasteiger charge is 2.25. The van der Waals surface area contributed by atoms with Crippen LogP contribution in [0, 0.1) is 6.92 Å². The number of rotatable bonds is 10. The van der Waals surface area contributed by atoms with E-state index in [0.29, 0.717) is 38.9 Å². The first-order valence-electron chi connectivity index (χ1n) is 12.2. The van der Waals surface area contributed by atoms with Crippen LogP contribution < -0.4 is 10.2 Å². The van der Waals surface area contributed by atoms with E-state index in [1.807, 2.05) is 17.7 Å². The summed E-state index contributed by atoms with van der Waals surface area (Å²) in [6.07, 6.45) is 2.54. The van der Waals surface area contributed by atoms with E-state index in [2.05, 4.69) is 50.5 Å². The van der Waals surface area contributed by atoms with E-state index < -0.39 is 0 Å². The molecule has 2 amide bonds. The number of hydrogen-bond donors (Lipinski definition) is 1. The van der Waals surface area contributed by atoms with Crippen molar-refractivity contribution in [3.8, 4) is 0 Å². The molecule has 2 aliphatic rings. The maximum absolute atomic E-state index is 12.3. The van der Waals surface area contributed by atoms with E-state index >= 15 is 0 Å². The van der Waals surface area contributed by atoms with Crippen LogP contribution in [0.1, 0.15) is 36.9 Å². The Morgan fingerprint density at radius 2 is 1.76 bits per heavy atom. The molecule has 2 aromatic rings. The summed E-state index contributed by atoms with van der Waals surface area (Å²) in [5.41, 5.74) is 2.29. The Bertz CT molecular complexity index is 920. The fourth-order valence-corrected chi connectivity index (χ4v) is 4.65. The molecule has 0 unspecified atom stereocenters. The van der Waals surface area contributed by atoms with Crippen molar-refractivity contribution in [2.24, 2.45) is 0 Å². The summed E-state index contributed by atoms with van der Waals surface area (Å²) in [7, 11) is 0. The summed E-state index contributed by atoms with van der Waals surface area (Å²) in [6, 6.07) is 12.6. The van der Waals surface area contributed by atoms with Gasteiger partial charge in [0.15, 0.2) is 0 Å². The topological polar surface area (TPSA) is 73.7 Å². The van der Waals surface area contributed by atoms with Gasteiger partial charge >= 0.3 is 0 Å². The van der Waals surface area contributed by atoms with Gasteiger partial charge in [-0.25, -0.2) is 4.68 Å². The lowest BCUT2D eigenvalue weighted by Gasteiger charge is -2.34. The molecule has 8 heteroatoms. The third-order valence-corrected chi connectivity index (χ3v) is 6.47. The average Bonchev–Trinajstić information content (AvgIpc) is 3.20. The largest absolute Gasteiger partial charge is 0.356 e. The van der Waals surface area contributed by atoms with Gasteiger partial charge in [-0.3, -0.25) is 19.4 Å². The lowest BCUT2D eigenvalue weighted by Crippen LogP contribution is -2.46. The predicted molar refractivity (Wildman–Crippen MR) is 129 cm³/mol. The number of piperazine rings is 1. The van der Waals surface area contributed by atoms with E-state index in [4.69, 9.17) is 0 Å². The number of fused-ring (bicyclic) bond motifs is 1. The molecule has 0 aliphatic carbocycles. The summed E-state index contributed by atoms with van der Waals surface area (Å²) in [4.78, 5) is 31.3. The predicted octanol–water partition coefficient (Wildman–Crippen LogP) is 2.03. The van der Waals surface area contributed by atoms with Gasteiger partial charge in [0.05, 0.1) is 12.2 Å². The maximum atomic E-state index is 12.3. The van der Waals surface area contributed by atoms with Crippen molar-refractivity contribution in [1.82, 2.24) is 24.9 Å². The number of amides is 2. The number of anilines is 1. The van der Waals surface area contributed by atoms with E-state index in [0.717, 1.165) is 57.2 Å². The molecule has 1 aromatic carbocycles. The number of aryl methyl sites for hydroxylation is 2. The highest BCUT2D eigenvalue weighted by atomic mass is 16.2. The van der Waals surface area contributed by atoms with Gasteiger partial charge in [0.25, 0.3) is 0 Å². The summed E-state index contributed by atoms with van der Waals surface area (Å²) in [6.45, 7) is 10.2. The number of nitrogens with zero attached hydrogens (tertiary/aromatic N) is 5. The minimum Gasteiger partial charge on any atom is -0.356 e. The first-order valence-corrected chi connectivity index (χ1v) is 12.2. The first kappa shape index (κ1) is 23.4. The first-order chi connectivity index (χ1) is 16.1. The number of aromatic nitrogens is 2. The van der Waals surface area contributed by atoms with Crippen LogP contribution in [0.5, 0.6) is 0 Å². The van der Waals surface area contributed by atoms with Crippen LogP contribution in [-0.2, 0) is 22.7 Å². The third kappa shape index (κ3) is 6.65. The molecule has 0 radical (unpaired) electrons. The molecule has 1 saturated heterocycles. The summed E-state index contributed by atoms with van der Waals surface area (Å²) in [5.74, 6) is 1.04. The zero-order valence-electron chi connectivity index (χ0n) is 19.7. The Balaban J connectivity index is 1.07. The highest BCUT2D eigenvalue weighted by molar-refractivity contribution is 5.93. The van der Waals surface area contributed by atoms with E-state index in [-0.39, 0.29) is 11.8 Å². The van der Waals surface area contributed by atoms with E-state index in [1.54, 1.807) is 4.90 Å². The second kappa shape index (κ2) is 11.4.